The molecular formula is C29H23NO. The zero-order chi connectivity index (χ0) is 21.2. The minimum absolute atomic E-state index is 0.0433. The Morgan fingerprint density at radius 3 is 2.10 bits per heavy atom. The highest BCUT2D eigenvalue weighted by molar-refractivity contribution is 5.85. The van der Waals surface area contributed by atoms with Gasteiger partial charge in [0.25, 0.3) is 5.56 Å². The SMILES string of the molecule is Cc1cccc(-c2cc3ccccc3c(=O)n2Cc2ccc(-c3ccccc3)cc2)c1. The van der Waals surface area contributed by atoms with E-state index in [0.29, 0.717) is 6.54 Å². The van der Waals surface area contributed by atoms with Crippen LogP contribution in [-0.2, 0) is 6.54 Å². The van der Waals surface area contributed by atoms with Crippen molar-refractivity contribution < 1.29 is 0 Å². The molecule has 5 aromatic rings. The molecule has 0 saturated carbocycles. The molecule has 2 nitrogen and oxygen atoms in total. The number of aryl methyl sites for hydroxylation is 1. The van der Waals surface area contributed by atoms with Gasteiger partial charge in [-0.3, -0.25) is 4.79 Å². The molecule has 1 heterocycles. The molecule has 0 unspecified atom stereocenters. The number of aromatic nitrogens is 1. The zero-order valence-electron chi connectivity index (χ0n) is 17.5. The monoisotopic (exact) mass is 401 g/mol. The van der Waals surface area contributed by atoms with Gasteiger partial charge in [0.15, 0.2) is 0 Å². The maximum absolute atomic E-state index is 13.5. The van der Waals surface area contributed by atoms with E-state index in [0.717, 1.165) is 27.6 Å². The Morgan fingerprint density at radius 1 is 0.645 bits per heavy atom. The van der Waals surface area contributed by atoms with Crippen LogP contribution in [0, 0.1) is 6.92 Å². The molecule has 0 spiro atoms. The summed E-state index contributed by atoms with van der Waals surface area (Å²) >= 11 is 0. The second kappa shape index (κ2) is 8.08. The van der Waals surface area contributed by atoms with Crippen molar-refractivity contribution in [2.45, 2.75) is 13.5 Å². The average Bonchev–Trinajstić information content (AvgIpc) is 2.82. The van der Waals surface area contributed by atoms with E-state index in [1.165, 1.54) is 16.7 Å². The quantitative estimate of drug-likeness (QED) is 0.329. The first kappa shape index (κ1) is 19.1. The third-order valence-electron chi connectivity index (χ3n) is 5.73. The van der Waals surface area contributed by atoms with Gasteiger partial charge in [0.1, 0.15) is 0 Å². The van der Waals surface area contributed by atoms with Gasteiger partial charge in [0.2, 0.25) is 0 Å². The van der Waals surface area contributed by atoms with Gasteiger partial charge in [-0.15, -0.1) is 0 Å². The molecule has 0 aliphatic heterocycles. The van der Waals surface area contributed by atoms with E-state index in [1.807, 2.05) is 53.1 Å². The van der Waals surface area contributed by atoms with Gasteiger partial charge in [-0.25, -0.2) is 0 Å². The largest absolute Gasteiger partial charge is 0.303 e. The summed E-state index contributed by atoms with van der Waals surface area (Å²) in [5.41, 5.74) is 6.69. The lowest BCUT2D eigenvalue weighted by atomic mass is 10.0. The van der Waals surface area contributed by atoms with Crippen LogP contribution in [0.15, 0.2) is 114 Å². The summed E-state index contributed by atoms with van der Waals surface area (Å²) in [5.74, 6) is 0. The van der Waals surface area contributed by atoms with Crippen LogP contribution < -0.4 is 5.56 Å². The Hall–Kier alpha value is -3.91. The molecule has 4 aromatic carbocycles. The number of hydrogen-bond acceptors (Lipinski definition) is 1. The van der Waals surface area contributed by atoms with Crippen LogP contribution in [-0.4, -0.2) is 4.57 Å². The molecule has 0 radical (unpaired) electrons. The third-order valence-corrected chi connectivity index (χ3v) is 5.73. The molecule has 0 N–H and O–H groups in total. The van der Waals surface area contributed by atoms with Crippen molar-refractivity contribution in [1.29, 1.82) is 0 Å². The Bertz CT molecular complexity index is 1410. The minimum atomic E-state index is 0.0433. The van der Waals surface area contributed by atoms with Crippen LogP contribution in [0.2, 0.25) is 0 Å². The summed E-state index contributed by atoms with van der Waals surface area (Å²) in [6.07, 6.45) is 0. The van der Waals surface area contributed by atoms with Crippen LogP contribution in [0.4, 0.5) is 0 Å². The first-order chi connectivity index (χ1) is 15.2. The fraction of sp³-hybridized carbons (Fsp3) is 0.0690. The number of pyridine rings is 1. The Morgan fingerprint density at radius 2 is 1.32 bits per heavy atom. The van der Waals surface area contributed by atoms with E-state index in [-0.39, 0.29) is 5.56 Å². The maximum atomic E-state index is 13.5. The Kier molecular flexibility index (Phi) is 4.97. The van der Waals surface area contributed by atoms with E-state index in [2.05, 4.69) is 67.6 Å². The molecular weight excluding hydrogens is 378 g/mol. The molecule has 0 bridgehead atoms. The van der Waals surface area contributed by atoms with Crippen molar-refractivity contribution in [3.63, 3.8) is 0 Å². The normalized spacial score (nSPS) is 11.0. The highest BCUT2D eigenvalue weighted by Crippen LogP contribution is 2.25. The smallest absolute Gasteiger partial charge is 0.259 e. The van der Waals surface area contributed by atoms with Gasteiger partial charge in [-0.2, -0.15) is 0 Å². The first-order valence-electron chi connectivity index (χ1n) is 10.5. The molecule has 0 fully saturated rings. The predicted molar refractivity (Wildman–Crippen MR) is 129 cm³/mol. The summed E-state index contributed by atoms with van der Waals surface area (Å²) in [5, 5.41) is 1.72. The van der Waals surface area contributed by atoms with E-state index >= 15 is 0 Å². The number of hydrogen-bond donors (Lipinski definition) is 0. The molecule has 0 amide bonds. The van der Waals surface area contributed by atoms with Crippen molar-refractivity contribution in [2.24, 2.45) is 0 Å². The molecule has 150 valence electrons. The fourth-order valence-corrected chi connectivity index (χ4v) is 4.11. The van der Waals surface area contributed by atoms with Gasteiger partial charge < -0.3 is 4.57 Å². The molecule has 0 atom stereocenters. The fourth-order valence-electron chi connectivity index (χ4n) is 4.11. The zero-order valence-corrected chi connectivity index (χ0v) is 17.5. The van der Waals surface area contributed by atoms with Gasteiger partial charge >= 0.3 is 0 Å². The standard InChI is InChI=1S/C29H23NO/c1-21-8-7-12-26(18-21)28-19-25-11-5-6-13-27(25)29(31)30(28)20-22-14-16-24(17-15-22)23-9-3-2-4-10-23/h2-19H,20H2,1H3. The molecule has 31 heavy (non-hydrogen) atoms. The topological polar surface area (TPSA) is 22.0 Å². The second-order valence-electron chi connectivity index (χ2n) is 7.94. The lowest BCUT2D eigenvalue weighted by Gasteiger charge is -2.16. The number of benzene rings is 4. The number of nitrogens with zero attached hydrogens (tertiary/aromatic N) is 1. The summed E-state index contributed by atoms with van der Waals surface area (Å²) in [6.45, 7) is 2.61. The van der Waals surface area contributed by atoms with Crippen molar-refractivity contribution in [1.82, 2.24) is 4.57 Å². The van der Waals surface area contributed by atoms with Gasteiger partial charge in [-0.05, 0) is 52.8 Å². The number of rotatable bonds is 4. The molecule has 2 heteroatoms. The average molecular weight is 402 g/mol. The Balaban J connectivity index is 1.61. The van der Waals surface area contributed by atoms with Crippen molar-refractivity contribution in [3.05, 3.63) is 131 Å². The predicted octanol–water partition coefficient (Wildman–Crippen LogP) is 6.69. The number of fused-ring (bicyclic) bond motifs is 1. The van der Waals surface area contributed by atoms with Crippen LogP contribution >= 0.6 is 0 Å². The highest BCUT2D eigenvalue weighted by Gasteiger charge is 2.12. The second-order valence-corrected chi connectivity index (χ2v) is 7.94. The van der Waals surface area contributed by atoms with Crippen molar-refractivity contribution in [2.75, 3.05) is 0 Å². The summed E-state index contributed by atoms with van der Waals surface area (Å²) in [6, 6.07) is 37.1. The van der Waals surface area contributed by atoms with E-state index in [9.17, 15) is 4.79 Å². The third kappa shape index (κ3) is 3.80. The van der Waals surface area contributed by atoms with Gasteiger partial charge in [0.05, 0.1) is 12.2 Å². The molecule has 0 saturated heterocycles. The molecule has 0 aliphatic carbocycles. The van der Waals surface area contributed by atoms with E-state index < -0.39 is 0 Å². The lowest BCUT2D eigenvalue weighted by Crippen LogP contribution is -2.22. The van der Waals surface area contributed by atoms with Gasteiger partial charge in [0, 0.05) is 5.39 Å². The molecule has 1 aromatic heterocycles. The highest BCUT2D eigenvalue weighted by atomic mass is 16.1. The van der Waals surface area contributed by atoms with E-state index in [4.69, 9.17) is 0 Å². The van der Waals surface area contributed by atoms with E-state index in [1.54, 1.807) is 0 Å². The lowest BCUT2D eigenvalue weighted by molar-refractivity contribution is 0.777. The van der Waals surface area contributed by atoms with Crippen LogP contribution in [0.25, 0.3) is 33.2 Å². The van der Waals surface area contributed by atoms with Crippen LogP contribution in [0.5, 0.6) is 0 Å². The summed E-state index contributed by atoms with van der Waals surface area (Å²) in [7, 11) is 0. The maximum Gasteiger partial charge on any atom is 0.259 e. The summed E-state index contributed by atoms with van der Waals surface area (Å²) < 4.78 is 1.90. The van der Waals surface area contributed by atoms with Crippen LogP contribution in [0.1, 0.15) is 11.1 Å². The van der Waals surface area contributed by atoms with Crippen molar-refractivity contribution >= 4 is 10.8 Å². The molecule has 0 aliphatic rings. The Labute approximate surface area is 182 Å². The summed E-state index contributed by atoms with van der Waals surface area (Å²) in [4.78, 5) is 13.5. The van der Waals surface area contributed by atoms with Crippen LogP contribution in [0.3, 0.4) is 0 Å². The van der Waals surface area contributed by atoms with Crippen molar-refractivity contribution in [3.8, 4) is 22.4 Å². The van der Waals surface area contributed by atoms with Gasteiger partial charge in [-0.1, -0.05) is 96.6 Å². The first-order valence-corrected chi connectivity index (χ1v) is 10.5. The molecule has 5 rings (SSSR count). The minimum Gasteiger partial charge on any atom is -0.303 e.